The maximum atomic E-state index is 5.40. The van der Waals surface area contributed by atoms with Gasteiger partial charge in [0.05, 0.1) is 0 Å². The lowest BCUT2D eigenvalue weighted by molar-refractivity contribution is 0.633. The number of hydrogen-bond acceptors (Lipinski definition) is 1. The van der Waals surface area contributed by atoms with Crippen LogP contribution in [0.3, 0.4) is 0 Å². The highest BCUT2D eigenvalue weighted by Crippen LogP contribution is 1.99. The molecule has 1 unspecified atom stereocenters. The van der Waals surface area contributed by atoms with Gasteiger partial charge in [0.15, 0.2) is 0 Å². The fourth-order valence-electron chi connectivity index (χ4n) is 0.583. The molecule has 0 aromatic heterocycles. The summed E-state index contributed by atoms with van der Waals surface area (Å²) >= 11 is 0. The van der Waals surface area contributed by atoms with Gasteiger partial charge in [-0.2, -0.15) is 0 Å². The molecule has 0 bridgehead atoms. The normalized spacial score (nSPS) is 13.9. The van der Waals surface area contributed by atoms with E-state index in [2.05, 4.69) is 13.8 Å². The molecule has 1 heteroatoms. The first-order chi connectivity index (χ1) is 3.77. The molecule has 48 valence electrons. The summed E-state index contributed by atoms with van der Waals surface area (Å²) in [4.78, 5) is 0. The van der Waals surface area contributed by atoms with Crippen LogP contribution in [0.2, 0.25) is 0 Å². The zero-order chi connectivity index (χ0) is 6.41. The van der Waals surface area contributed by atoms with Crippen LogP contribution in [0, 0.1) is 13.8 Å². The van der Waals surface area contributed by atoms with E-state index in [1.165, 1.54) is 12.8 Å². The van der Waals surface area contributed by atoms with Crippen LogP contribution in [0.25, 0.3) is 0 Å². The lowest BCUT2D eigenvalue weighted by atomic mass is 10.1. The molecular formula is C7H15N. The van der Waals surface area contributed by atoms with Crippen LogP contribution in [0.5, 0.6) is 0 Å². The van der Waals surface area contributed by atoms with Gasteiger partial charge in [-0.05, 0) is 13.3 Å². The Hall–Kier alpha value is -0.0400. The zero-order valence-corrected chi connectivity index (χ0v) is 5.40. The van der Waals surface area contributed by atoms with E-state index in [-0.39, 0.29) is 6.04 Å². The highest BCUT2D eigenvalue weighted by molar-refractivity contribution is 4.61. The molecule has 8 heavy (non-hydrogen) atoms. The highest BCUT2D eigenvalue weighted by Gasteiger charge is 1.90. The predicted molar refractivity (Wildman–Crippen MR) is 37.2 cm³/mol. The average Bonchev–Trinajstić information content (AvgIpc) is 1.66. The Bertz CT molecular complexity index is 41.7. The third-order valence-corrected chi connectivity index (χ3v) is 1.07. The molecular weight excluding hydrogens is 98.1 g/mol. The summed E-state index contributed by atoms with van der Waals surface area (Å²) in [6.07, 6.45) is 4.42. The standard InChI is InChI=1S/C7H15N/c1-3-4-5-6-7(2)8/h7H,1-6,8H2. The molecule has 0 amide bonds. The van der Waals surface area contributed by atoms with Gasteiger partial charge in [0.2, 0.25) is 0 Å². The monoisotopic (exact) mass is 113 g/mol. The average molecular weight is 113 g/mol. The van der Waals surface area contributed by atoms with E-state index in [0.717, 1.165) is 12.8 Å². The lowest BCUT2D eigenvalue weighted by Gasteiger charge is -2.00. The molecule has 2 radical (unpaired) electrons. The summed E-state index contributed by atoms with van der Waals surface area (Å²) in [5.74, 6) is 0. The SMILES string of the molecule is [CH2]CCCCC([CH2])N. The minimum Gasteiger partial charge on any atom is -0.328 e. The number of nitrogens with two attached hydrogens (primary N) is 1. The van der Waals surface area contributed by atoms with Gasteiger partial charge in [0.25, 0.3) is 0 Å². The quantitative estimate of drug-likeness (QED) is 0.550. The largest absolute Gasteiger partial charge is 0.328 e. The van der Waals surface area contributed by atoms with Crippen molar-refractivity contribution < 1.29 is 0 Å². The molecule has 0 saturated heterocycles. The topological polar surface area (TPSA) is 26.0 Å². The van der Waals surface area contributed by atoms with Crippen molar-refractivity contribution in [3.05, 3.63) is 13.8 Å². The van der Waals surface area contributed by atoms with Gasteiger partial charge in [-0.3, -0.25) is 0 Å². The van der Waals surface area contributed by atoms with Crippen molar-refractivity contribution in [2.24, 2.45) is 5.73 Å². The van der Waals surface area contributed by atoms with E-state index >= 15 is 0 Å². The molecule has 2 N–H and O–H groups in total. The summed E-state index contributed by atoms with van der Waals surface area (Å²) in [7, 11) is 0. The Kier molecular flexibility index (Phi) is 5.08. The minimum atomic E-state index is 0.126. The molecule has 0 aliphatic rings. The summed E-state index contributed by atoms with van der Waals surface area (Å²) in [6, 6.07) is 0.126. The zero-order valence-electron chi connectivity index (χ0n) is 5.40. The molecule has 0 spiro atoms. The van der Waals surface area contributed by atoms with Crippen molar-refractivity contribution in [2.75, 3.05) is 0 Å². The summed E-state index contributed by atoms with van der Waals surface area (Å²) in [5, 5.41) is 0. The van der Waals surface area contributed by atoms with Gasteiger partial charge in [-0.25, -0.2) is 0 Å². The number of hydrogen-bond donors (Lipinski definition) is 1. The second kappa shape index (κ2) is 5.10. The van der Waals surface area contributed by atoms with E-state index in [0.29, 0.717) is 0 Å². The van der Waals surface area contributed by atoms with Crippen LogP contribution in [-0.4, -0.2) is 6.04 Å². The maximum Gasteiger partial charge on any atom is 0.00394 e. The van der Waals surface area contributed by atoms with E-state index < -0.39 is 0 Å². The molecule has 0 aliphatic heterocycles. The first kappa shape index (κ1) is 7.96. The fraction of sp³-hybridized carbons (Fsp3) is 0.714. The van der Waals surface area contributed by atoms with Crippen molar-refractivity contribution in [3.63, 3.8) is 0 Å². The Morgan fingerprint density at radius 2 is 2.00 bits per heavy atom. The second-order valence-corrected chi connectivity index (χ2v) is 2.11. The second-order valence-electron chi connectivity index (χ2n) is 2.11. The molecule has 1 atom stereocenters. The van der Waals surface area contributed by atoms with Crippen molar-refractivity contribution in [1.29, 1.82) is 0 Å². The maximum absolute atomic E-state index is 5.40. The van der Waals surface area contributed by atoms with Crippen LogP contribution >= 0.6 is 0 Å². The van der Waals surface area contributed by atoms with Crippen molar-refractivity contribution in [1.82, 2.24) is 0 Å². The first-order valence-corrected chi connectivity index (χ1v) is 3.15. The number of rotatable bonds is 4. The van der Waals surface area contributed by atoms with Crippen LogP contribution in [0.15, 0.2) is 0 Å². The van der Waals surface area contributed by atoms with Gasteiger partial charge in [0, 0.05) is 6.04 Å². The Labute approximate surface area is 52.3 Å². The van der Waals surface area contributed by atoms with Crippen molar-refractivity contribution in [2.45, 2.75) is 31.7 Å². The fourth-order valence-corrected chi connectivity index (χ4v) is 0.583. The summed E-state index contributed by atoms with van der Waals surface area (Å²) < 4.78 is 0. The van der Waals surface area contributed by atoms with Gasteiger partial charge in [0.1, 0.15) is 0 Å². The van der Waals surface area contributed by atoms with E-state index in [4.69, 9.17) is 5.73 Å². The van der Waals surface area contributed by atoms with Gasteiger partial charge >= 0.3 is 0 Å². The summed E-state index contributed by atoms with van der Waals surface area (Å²) in [6.45, 7) is 7.39. The third-order valence-electron chi connectivity index (χ3n) is 1.07. The Morgan fingerprint density at radius 3 is 2.38 bits per heavy atom. The van der Waals surface area contributed by atoms with Crippen molar-refractivity contribution in [3.8, 4) is 0 Å². The van der Waals surface area contributed by atoms with Crippen molar-refractivity contribution >= 4 is 0 Å². The van der Waals surface area contributed by atoms with Gasteiger partial charge in [-0.1, -0.05) is 26.2 Å². The molecule has 0 rings (SSSR count). The summed E-state index contributed by atoms with van der Waals surface area (Å²) in [5.41, 5.74) is 5.40. The highest BCUT2D eigenvalue weighted by atomic mass is 14.6. The molecule has 0 saturated carbocycles. The van der Waals surface area contributed by atoms with Crippen LogP contribution in [0.1, 0.15) is 25.7 Å². The first-order valence-electron chi connectivity index (χ1n) is 3.15. The van der Waals surface area contributed by atoms with Crippen LogP contribution in [-0.2, 0) is 0 Å². The van der Waals surface area contributed by atoms with Gasteiger partial charge in [-0.15, -0.1) is 0 Å². The predicted octanol–water partition coefficient (Wildman–Crippen LogP) is 1.54. The minimum absolute atomic E-state index is 0.126. The molecule has 0 aliphatic carbocycles. The van der Waals surface area contributed by atoms with E-state index in [9.17, 15) is 0 Å². The molecule has 0 aromatic carbocycles. The molecule has 1 nitrogen and oxygen atoms in total. The third kappa shape index (κ3) is 5.96. The van der Waals surface area contributed by atoms with E-state index in [1.54, 1.807) is 0 Å². The van der Waals surface area contributed by atoms with Crippen LogP contribution < -0.4 is 5.73 Å². The lowest BCUT2D eigenvalue weighted by Crippen LogP contribution is -2.14. The molecule has 0 heterocycles. The molecule has 0 fully saturated rings. The Morgan fingerprint density at radius 1 is 1.38 bits per heavy atom. The smallest absolute Gasteiger partial charge is 0.00394 e. The Balaban J connectivity index is 2.72. The number of unbranched alkanes of at least 4 members (excludes halogenated alkanes) is 2. The van der Waals surface area contributed by atoms with E-state index in [1.807, 2.05) is 0 Å². The molecule has 0 aromatic rings. The van der Waals surface area contributed by atoms with Crippen LogP contribution in [0.4, 0.5) is 0 Å². The van der Waals surface area contributed by atoms with Gasteiger partial charge < -0.3 is 5.73 Å².